The summed E-state index contributed by atoms with van der Waals surface area (Å²) in [6.07, 6.45) is 1.81. The highest BCUT2D eigenvalue weighted by molar-refractivity contribution is 5.77. The van der Waals surface area contributed by atoms with E-state index in [0.717, 1.165) is 24.5 Å². The number of anilines is 1. The molecule has 1 aliphatic rings. The summed E-state index contributed by atoms with van der Waals surface area (Å²) in [5.41, 5.74) is 6.59. The molecule has 2 rings (SSSR count). The van der Waals surface area contributed by atoms with Crippen LogP contribution in [0.4, 0.5) is 5.82 Å². The van der Waals surface area contributed by atoms with Crippen LogP contribution in [0.1, 0.15) is 12.5 Å². The van der Waals surface area contributed by atoms with E-state index in [0.29, 0.717) is 26.2 Å². The maximum atomic E-state index is 11.8. The lowest BCUT2D eigenvalue weighted by Crippen LogP contribution is -2.50. The quantitative estimate of drug-likeness (QED) is 0.834. The lowest BCUT2D eigenvalue weighted by Gasteiger charge is -2.35. The lowest BCUT2D eigenvalue weighted by molar-refractivity contribution is -0.136. The first kappa shape index (κ1) is 14.7. The normalized spacial score (nSPS) is 15.5. The Kier molecular flexibility index (Phi) is 5.31. The molecule has 20 heavy (non-hydrogen) atoms. The highest BCUT2D eigenvalue weighted by Gasteiger charge is 2.21. The van der Waals surface area contributed by atoms with Gasteiger partial charge in [-0.1, -0.05) is 6.07 Å². The molecule has 0 bridgehead atoms. The summed E-state index contributed by atoms with van der Waals surface area (Å²) in [5, 5.41) is 0. The first-order valence-electron chi connectivity index (χ1n) is 7.00. The van der Waals surface area contributed by atoms with Gasteiger partial charge in [-0.15, -0.1) is 0 Å². The van der Waals surface area contributed by atoms with E-state index in [1.54, 1.807) is 0 Å². The van der Waals surface area contributed by atoms with Crippen molar-refractivity contribution in [2.24, 2.45) is 5.73 Å². The van der Waals surface area contributed by atoms with Gasteiger partial charge in [-0.05, 0) is 18.6 Å². The second kappa shape index (κ2) is 7.21. The van der Waals surface area contributed by atoms with Crippen molar-refractivity contribution >= 4 is 11.7 Å². The molecule has 1 aromatic heterocycles. The second-order valence-electron chi connectivity index (χ2n) is 4.73. The van der Waals surface area contributed by atoms with Crippen molar-refractivity contribution in [2.45, 2.75) is 13.5 Å². The molecule has 1 amide bonds. The highest BCUT2D eigenvalue weighted by Crippen LogP contribution is 2.14. The SMILES string of the molecule is CCOCC(=O)N1CCN(c2ccc(CN)cn2)CC1. The second-order valence-corrected chi connectivity index (χ2v) is 4.73. The molecule has 6 heteroatoms. The summed E-state index contributed by atoms with van der Waals surface area (Å²) in [7, 11) is 0. The Hall–Kier alpha value is -1.66. The number of aromatic nitrogens is 1. The molecule has 0 saturated carbocycles. The van der Waals surface area contributed by atoms with Gasteiger partial charge in [-0.3, -0.25) is 4.79 Å². The number of amides is 1. The summed E-state index contributed by atoms with van der Waals surface area (Å²) < 4.78 is 5.16. The fraction of sp³-hybridized carbons (Fsp3) is 0.571. The molecule has 1 saturated heterocycles. The van der Waals surface area contributed by atoms with Crippen molar-refractivity contribution in [1.29, 1.82) is 0 Å². The van der Waals surface area contributed by atoms with Crippen LogP contribution in [0.25, 0.3) is 0 Å². The number of piperazine rings is 1. The van der Waals surface area contributed by atoms with E-state index >= 15 is 0 Å². The number of rotatable bonds is 5. The van der Waals surface area contributed by atoms with Crippen molar-refractivity contribution in [1.82, 2.24) is 9.88 Å². The first-order valence-corrected chi connectivity index (χ1v) is 7.00. The summed E-state index contributed by atoms with van der Waals surface area (Å²) in [6.45, 7) is 6.18. The van der Waals surface area contributed by atoms with E-state index in [-0.39, 0.29) is 12.5 Å². The number of nitrogens with two attached hydrogens (primary N) is 1. The number of ether oxygens (including phenoxy) is 1. The van der Waals surface area contributed by atoms with Crippen LogP contribution in [0.5, 0.6) is 0 Å². The Balaban J connectivity index is 1.85. The summed E-state index contributed by atoms with van der Waals surface area (Å²) in [5.74, 6) is 1.01. The van der Waals surface area contributed by atoms with Gasteiger partial charge in [0.1, 0.15) is 12.4 Å². The van der Waals surface area contributed by atoms with Gasteiger partial charge in [0.05, 0.1) is 0 Å². The highest BCUT2D eigenvalue weighted by atomic mass is 16.5. The van der Waals surface area contributed by atoms with Gasteiger partial charge in [-0.25, -0.2) is 4.98 Å². The minimum atomic E-state index is 0.0675. The first-order chi connectivity index (χ1) is 9.74. The van der Waals surface area contributed by atoms with Crippen molar-refractivity contribution in [3.63, 3.8) is 0 Å². The van der Waals surface area contributed by atoms with Crippen LogP contribution in [-0.2, 0) is 16.1 Å². The Morgan fingerprint density at radius 2 is 2.10 bits per heavy atom. The maximum Gasteiger partial charge on any atom is 0.248 e. The van der Waals surface area contributed by atoms with Crippen LogP contribution in [-0.4, -0.2) is 55.2 Å². The van der Waals surface area contributed by atoms with E-state index in [1.165, 1.54) is 0 Å². The van der Waals surface area contributed by atoms with E-state index < -0.39 is 0 Å². The van der Waals surface area contributed by atoms with Crippen LogP contribution in [0.2, 0.25) is 0 Å². The standard InChI is InChI=1S/C14H22N4O2/c1-2-20-11-14(19)18-7-5-17(6-8-18)13-4-3-12(9-15)10-16-13/h3-4,10H,2,5-9,11,15H2,1H3. The number of pyridine rings is 1. The average molecular weight is 278 g/mol. The molecule has 0 atom stereocenters. The Bertz CT molecular complexity index is 427. The number of nitrogens with zero attached hydrogens (tertiary/aromatic N) is 3. The average Bonchev–Trinajstić information content (AvgIpc) is 2.53. The minimum Gasteiger partial charge on any atom is -0.372 e. The molecule has 2 N–H and O–H groups in total. The number of hydrogen-bond acceptors (Lipinski definition) is 5. The van der Waals surface area contributed by atoms with Gasteiger partial charge < -0.3 is 20.3 Å². The number of carbonyl (C=O) groups excluding carboxylic acids is 1. The molecule has 1 aliphatic heterocycles. The van der Waals surface area contributed by atoms with Crippen molar-refractivity contribution in [3.05, 3.63) is 23.9 Å². The van der Waals surface area contributed by atoms with Crippen LogP contribution in [0, 0.1) is 0 Å². The fourth-order valence-corrected chi connectivity index (χ4v) is 2.19. The molecule has 0 spiro atoms. The van der Waals surface area contributed by atoms with Crippen LogP contribution >= 0.6 is 0 Å². The van der Waals surface area contributed by atoms with E-state index in [1.807, 2.05) is 30.2 Å². The minimum absolute atomic E-state index is 0.0675. The van der Waals surface area contributed by atoms with E-state index in [9.17, 15) is 4.79 Å². The molecule has 6 nitrogen and oxygen atoms in total. The molecule has 0 radical (unpaired) electrons. The topological polar surface area (TPSA) is 71.7 Å². The number of carbonyl (C=O) groups is 1. The van der Waals surface area contributed by atoms with Crippen LogP contribution in [0.3, 0.4) is 0 Å². The molecule has 1 aromatic rings. The Morgan fingerprint density at radius 3 is 2.65 bits per heavy atom. The zero-order valence-corrected chi connectivity index (χ0v) is 11.9. The van der Waals surface area contributed by atoms with E-state index in [2.05, 4.69) is 9.88 Å². The Morgan fingerprint density at radius 1 is 1.35 bits per heavy atom. The third-order valence-electron chi connectivity index (χ3n) is 3.43. The van der Waals surface area contributed by atoms with Gasteiger partial charge >= 0.3 is 0 Å². The molecule has 0 aromatic carbocycles. The zero-order chi connectivity index (χ0) is 14.4. The van der Waals surface area contributed by atoms with E-state index in [4.69, 9.17) is 10.5 Å². The predicted molar refractivity (Wildman–Crippen MR) is 77.4 cm³/mol. The van der Waals surface area contributed by atoms with Crippen molar-refractivity contribution in [3.8, 4) is 0 Å². The molecule has 1 fully saturated rings. The molecule has 110 valence electrons. The van der Waals surface area contributed by atoms with Crippen LogP contribution in [0.15, 0.2) is 18.3 Å². The van der Waals surface area contributed by atoms with Gasteiger partial charge in [-0.2, -0.15) is 0 Å². The van der Waals surface area contributed by atoms with Gasteiger partial charge in [0, 0.05) is 45.5 Å². The van der Waals surface area contributed by atoms with Gasteiger partial charge in [0.25, 0.3) is 0 Å². The fourth-order valence-electron chi connectivity index (χ4n) is 2.19. The van der Waals surface area contributed by atoms with Crippen molar-refractivity contribution < 1.29 is 9.53 Å². The van der Waals surface area contributed by atoms with Gasteiger partial charge in [0.15, 0.2) is 0 Å². The number of hydrogen-bond donors (Lipinski definition) is 1. The largest absolute Gasteiger partial charge is 0.372 e. The summed E-state index contributed by atoms with van der Waals surface area (Å²) in [4.78, 5) is 20.3. The zero-order valence-electron chi connectivity index (χ0n) is 11.9. The molecule has 0 aliphatic carbocycles. The molecule has 2 heterocycles. The van der Waals surface area contributed by atoms with Crippen LogP contribution < -0.4 is 10.6 Å². The summed E-state index contributed by atoms with van der Waals surface area (Å²) in [6, 6.07) is 3.98. The predicted octanol–water partition coefficient (Wildman–Crippen LogP) is 0.225. The lowest BCUT2D eigenvalue weighted by atomic mass is 10.2. The Labute approximate surface area is 119 Å². The molecule has 0 unspecified atom stereocenters. The van der Waals surface area contributed by atoms with Gasteiger partial charge in [0.2, 0.25) is 5.91 Å². The smallest absolute Gasteiger partial charge is 0.248 e. The third-order valence-corrected chi connectivity index (χ3v) is 3.43. The monoisotopic (exact) mass is 278 g/mol. The molecular formula is C14H22N4O2. The summed E-state index contributed by atoms with van der Waals surface area (Å²) >= 11 is 0. The molecular weight excluding hydrogens is 256 g/mol. The van der Waals surface area contributed by atoms with Crippen molar-refractivity contribution in [2.75, 3.05) is 44.3 Å². The maximum absolute atomic E-state index is 11.8. The third kappa shape index (κ3) is 3.68.